The minimum atomic E-state index is -0.0204. The zero-order valence-corrected chi connectivity index (χ0v) is 7.61. The summed E-state index contributed by atoms with van der Waals surface area (Å²) >= 11 is 3.21. The van der Waals surface area contributed by atoms with Crippen molar-refractivity contribution < 1.29 is 5.11 Å². The van der Waals surface area contributed by atoms with Gasteiger partial charge in [-0.3, -0.25) is 4.98 Å². The van der Waals surface area contributed by atoms with E-state index in [2.05, 4.69) is 31.4 Å². The summed E-state index contributed by atoms with van der Waals surface area (Å²) in [4.78, 5) is 4.08. The molecule has 0 amide bonds. The highest BCUT2D eigenvalue weighted by Gasteiger charge is 2.16. The molecular weight excluding hydrogens is 222 g/mol. The lowest BCUT2D eigenvalue weighted by Crippen LogP contribution is -1.93. The molecule has 0 saturated carbocycles. The van der Waals surface area contributed by atoms with Gasteiger partial charge in [0.05, 0.1) is 6.61 Å². The number of aromatic nitrogens is 1. The number of rotatable bonds is 1. The molecule has 0 atom stereocenters. The van der Waals surface area contributed by atoms with Crippen molar-refractivity contribution in [3.63, 3.8) is 0 Å². The number of aliphatic hydroxyl groups excluding tert-OH is 1. The van der Waals surface area contributed by atoms with Gasteiger partial charge in [-0.25, -0.2) is 0 Å². The fraction of sp³-hybridized carbons (Fsp3) is 0.143. The van der Waals surface area contributed by atoms with Gasteiger partial charge in [0.2, 0.25) is 0 Å². The molecule has 1 aromatic rings. The summed E-state index contributed by atoms with van der Waals surface area (Å²) in [5.41, 5.74) is 6.03. The molecule has 2 heterocycles. The van der Waals surface area contributed by atoms with Gasteiger partial charge < -0.3 is 5.11 Å². The average Bonchev–Trinajstić information content (AvgIpc) is 2.47. The van der Waals surface area contributed by atoms with E-state index in [1.807, 2.05) is 0 Å². The number of hydrogen-bond acceptors (Lipinski definition) is 3. The molecular formula is C7H5BrN3O. The Bertz CT molecular complexity index is 351. The Morgan fingerprint density at radius 3 is 3.08 bits per heavy atom. The molecule has 61 valence electrons. The fourth-order valence-electron chi connectivity index (χ4n) is 0.962. The van der Waals surface area contributed by atoms with E-state index < -0.39 is 0 Å². The molecule has 1 radical (unpaired) electrons. The van der Waals surface area contributed by atoms with Gasteiger partial charge in [0.25, 0.3) is 0 Å². The number of aliphatic hydroxyl groups is 1. The quantitative estimate of drug-likeness (QED) is 0.774. The van der Waals surface area contributed by atoms with Gasteiger partial charge in [-0.15, -0.1) is 10.5 Å². The van der Waals surface area contributed by atoms with E-state index in [1.165, 1.54) is 0 Å². The molecule has 0 spiro atoms. The smallest absolute Gasteiger partial charge is 0.156 e. The van der Waals surface area contributed by atoms with E-state index in [-0.39, 0.29) is 6.61 Å². The summed E-state index contributed by atoms with van der Waals surface area (Å²) in [5, 5.41) is 12.6. The average molecular weight is 227 g/mol. The first-order valence-corrected chi connectivity index (χ1v) is 4.15. The molecule has 1 aliphatic heterocycles. The van der Waals surface area contributed by atoms with Crippen LogP contribution in [-0.4, -0.2) is 14.7 Å². The summed E-state index contributed by atoms with van der Waals surface area (Å²) < 4.78 is 0.641. The molecule has 0 bridgehead atoms. The van der Waals surface area contributed by atoms with Crippen LogP contribution in [-0.2, 0) is 6.61 Å². The van der Waals surface area contributed by atoms with Crippen LogP contribution >= 0.6 is 15.9 Å². The Balaban J connectivity index is 2.46. The first kappa shape index (κ1) is 7.70. The number of fused-ring (bicyclic) bond motifs is 1. The summed E-state index contributed by atoms with van der Waals surface area (Å²) in [6.07, 6.45) is 1.61. The second-order valence-corrected chi connectivity index (χ2v) is 3.11. The number of hydrogen-bond donors (Lipinski definition) is 1. The van der Waals surface area contributed by atoms with Gasteiger partial charge in [-0.05, 0) is 27.6 Å². The van der Waals surface area contributed by atoms with Crippen molar-refractivity contribution in [2.75, 3.05) is 0 Å². The normalized spacial score (nSPS) is 13.7. The standard InChI is InChI=1S/C7H5BrN3O/c8-7-6-5(10-11-7)1-4(3-12)2-9-6/h1-2,12H,3H2. The Morgan fingerprint density at radius 1 is 1.50 bits per heavy atom. The summed E-state index contributed by atoms with van der Waals surface area (Å²) in [6.45, 7) is -0.0204. The topological polar surface area (TPSA) is 59.6 Å². The molecule has 2 rings (SSSR count). The van der Waals surface area contributed by atoms with Gasteiger partial charge in [-0.1, -0.05) is 0 Å². The lowest BCUT2D eigenvalue weighted by atomic mass is 10.2. The lowest BCUT2D eigenvalue weighted by Gasteiger charge is -1.97. The van der Waals surface area contributed by atoms with E-state index in [4.69, 9.17) is 5.11 Å². The first-order valence-electron chi connectivity index (χ1n) is 3.35. The summed E-state index contributed by atoms with van der Waals surface area (Å²) in [7, 11) is 0. The second kappa shape index (κ2) is 2.84. The van der Waals surface area contributed by atoms with Gasteiger partial charge in [0.15, 0.2) is 4.62 Å². The third-order valence-electron chi connectivity index (χ3n) is 1.55. The van der Waals surface area contributed by atoms with Crippen LogP contribution in [0.2, 0.25) is 0 Å². The largest absolute Gasteiger partial charge is 0.392 e. The van der Waals surface area contributed by atoms with Crippen LogP contribution in [0.5, 0.6) is 0 Å². The Hall–Kier alpha value is -0.940. The van der Waals surface area contributed by atoms with Crippen LogP contribution in [0.3, 0.4) is 0 Å². The SMILES string of the molecule is OCc1cnc2c(c1)[N]N=C2Br. The number of nitrogens with zero attached hydrogens (tertiary/aromatic N) is 3. The molecule has 1 aromatic heterocycles. The monoisotopic (exact) mass is 226 g/mol. The second-order valence-electron chi connectivity index (χ2n) is 2.36. The maximum absolute atomic E-state index is 8.80. The highest BCUT2D eigenvalue weighted by Crippen LogP contribution is 2.23. The molecule has 0 fully saturated rings. The molecule has 0 aromatic carbocycles. The fourth-order valence-corrected chi connectivity index (χ4v) is 1.35. The summed E-state index contributed by atoms with van der Waals surface area (Å²) in [5.74, 6) is 0. The van der Waals surface area contributed by atoms with Crippen molar-refractivity contribution in [2.24, 2.45) is 5.10 Å². The van der Waals surface area contributed by atoms with Crippen LogP contribution in [0.1, 0.15) is 11.3 Å². The van der Waals surface area contributed by atoms with E-state index in [9.17, 15) is 0 Å². The minimum Gasteiger partial charge on any atom is -0.392 e. The molecule has 0 aliphatic carbocycles. The van der Waals surface area contributed by atoms with Gasteiger partial charge in [-0.2, -0.15) is 0 Å². The lowest BCUT2D eigenvalue weighted by molar-refractivity contribution is 0.281. The van der Waals surface area contributed by atoms with E-state index in [1.54, 1.807) is 12.3 Å². The first-order chi connectivity index (χ1) is 5.81. The van der Waals surface area contributed by atoms with Crippen molar-refractivity contribution in [1.29, 1.82) is 0 Å². The Kier molecular flexibility index (Phi) is 1.82. The van der Waals surface area contributed by atoms with Crippen molar-refractivity contribution >= 4 is 26.2 Å². The van der Waals surface area contributed by atoms with Gasteiger partial charge in [0, 0.05) is 6.20 Å². The maximum Gasteiger partial charge on any atom is 0.156 e. The van der Waals surface area contributed by atoms with Crippen molar-refractivity contribution in [3.05, 3.63) is 23.5 Å². The molecule has 1 aliphatic rings. The molecule has 0 unspecified atom stereocenters. The predicted octanol–water partition coefficient (Wildman–Crippen LogP) is 0.880. The van der Waals surface area contributed by atoms with Crippen molar-refractivity contribution in [2.45, 2.75) is 6.61 Å². The third-order valence-corrected chi connectivity index (χ3v) is 2.08. The molecule has 0 saturated heterocycles. The van der Waals surface area contributed by atoms with Crippen LogP contribution < -0.4 is 5.43 Å². The van der Waals surface area contributed by atoms with Gasteiger partial charge in [0.1, 0.15) is 11.4 Å². The summed E-state index contributed by atoms with van der Waals surface area (Å²) in [6, 6.07) is 1.76. The van der Waals surface area contributed by atoms with Crippen LogP contribution in [0.15, 0.2) is 17.4 Å². The van der Waals surface area contributed by atoms with Crippen LogP contribution in [0, 0.1) is 0 Å². The molecule has 4 nitrogen and oxygen atoms in total. The zero-order chi connectivity index (χ0) is 8.55. The number of halogens is 1. The van der Waals surface area contributed by atoms with E-state index in [0.29, 0.717) is 10.3 Å². The number of pyridine rings is 1. The molecule has 12 heavy (non-hydrogen) atoms. The highest BCUT2D eigenvalue weighted by atomic mass is 79.9. The molecule has 5 heteroatoms. The van der Waals surface area contributed by atoms with Crippen LogP contribution in [0.4, 0.5) is 5.69 Å². The predicted molar refractivity (Wildman–Crippen MR) is 47.4 cm³/mol. The Labute approximate surface area is 77.5 Å². The highest BCUT2D eigenvalue weighted by molar-refractivity contribution is 9.18. The van der Waals surface area contributed by atoms with Crippen LogP contribution in [0.25, 0.3) is 0 Å². The van der Waals surface area contributed by atoms with Gasteiger partial charge >= 0.3 is 0 Å². The van der Waals surface area contributed by atoms with E-state index in [0.717, 1.165) is 11.3 Å². The third kappa shape index (κ3) is 1.11. The maximum atomic E-state index is 8.80. The zero-order valence-electron chi connectivity index (χ0n) is 6.03. The van der Waals surface area contributed by atoms with Crippen molar-refractivity contribution in [1.82, 2.24) is 10.4 Å². The minimum absolute atomic E-state index is 0.0204. The molecule has 1 N–H and O–H groups in total. The van der Waals surface area contributed by atoms with Crippen molar-refractivity contribution in [3.8, 4) is 0 Å². The Morgan fingerprint density at radius 2 is 2.33 bits per heavy atom. The van der Waals surface area contributed by atoms with E-state index >= 15 is 0 Å².